The summed E-state index contributed by atoms with van der Waals surface area (Å²) in [6.45, 7) is 5.11. The zero-order valence-corrected chi connectivity index (χ0v) is 11.9. The van der Waals surface area contributed by atoms with Gasteiger partial charge in [0.1, 0.15) is 5.82 Å². The maximum Gasteiger partial charge on any atom is 0.170 e. The van der Waals surface area contributed by atoms with Crippen LogP contribution in [0, 0.1) is 17.7 Å². The van der Waals surface area contributed by atoms with E-state index in [1.165, 1.54) is 18.6 Å². The molecule has 1 aromatic rings. The molecule has 5 heteroatoms. The Balaban J connectivity index is 2.04. The van der Waals surface area contributed by atoms with Gasteiger partial charge >= 0.3 is 0 Å². The van der Waals surface area contributed by atoms with Gasteiger partial charge in [-0.2, -0.15) is 0 Å². The molecule has 1 aliphatic rings. The third-order valence-electron chi connectivity index (χ3n) is 4.39. The predicted molar refractivity (Wildman–Crippen MR) is 77.1 cm³/mol. The number of oxime groups is 1. The van der Waals surface area contributed by atoms with Crippen LogP contribution in [0.2, 0.25) is 0 Å². The van der Waals surface area contributed by atoms with Crippen LogP contribution < -0.4 is 11.1 Å². The fourth-order valence-corrected chi connectivity index (χ4v) is 2.86. The predicted octanol–water partition coefficient (Wildman–Crippen LogP) is 2.44. The second kappa shape index (κ2) is 6.22. The maximum atomic E-state index is 13.5. The number of halogens is 1. The summed E-state index contributed by atoms with van der Waals surface area (Å²) in [7, 11) is 0. The van der Waals surface area contributed by atoms with Gasteiger partial charge in [0.05, 0.1) is 0 Å². The van der Waals surface area contributed by atoms with E-state index >= 15 is 0 Å². The molecule has 4 nitrogen and oxygen atoms in total. The molecule has 20 heavy (non-hydrogen) atoms. The Labute approximate surface area is 118 Å². The molecule has 0 aliphatic heterocycles. The highest BCUT2D eigenvalue weighted by atomic mass is 19.1. The highest BCUT2D eigenvalue weighted by Crippen LogP contribution is 2.31. The fourth-order valence-electron chi connectivity index (χ4n) is 2.86. The number of hydrogen-bond acceptors (Lipinski definition) is 3. The Hall–Kier alpha value is -1.62. The topological polar surface area (TPSA) is 70.6 Å². The van der Waals surface area contributed by atoms with Crippen LogP contribution in [-0.2, 0) is 6.54 Å². The van der Waals surface area contributed by atoms with Crippen molar-refractivity contribution in [3.05, 3.63) is 35.1 Å². The van der Waals surface area contributed by atoms with Gasteiger partial charge in [-0.1, -0.05) is 19.0 Å². The quantitative estimate of drug-likeness (QED) is 0.343. The summed E-state index contributed by atoms with van der Waals surface area (Å²) in [5.74, 6) is 0.909. The van der Waals surface area contributed by atoms with Gasteiger partial charge in [0.2, 0.25) is 0 Å². The Morgan fingerprint density at radius 2 is 2.15 bits per heavy atom. The molecule has 0 amide bonds. The van der Waals surface area contributed by atoms with E-state index < -0.39 is 0 Å². The van der Waals surface area contributed by atoms with Crippen LogP contribution in [0.4, 0.5) is 4.39 Å². The Bertz CT molecular complexity index is 504. The number of benzene rings is 1. The number of nitrogens with zero attached hydrogens (tertiary/aromatic N) is 1. The van der Waals surface area contributed by atoms with Crippen molar-refractivity contribution in [2.75, 3.05) is 0 Å². The number of nitrogens with one attached hydrogen (secondary N) is 1. The Morgan fingerprint density at radius 1 is 1.40 bits per heavy atom. The van der Waals surface area contributed by atoms with Gasteiger partial charge in [-0.15, -0.1) is 0 Å². The van der Waals surface area contributed by atoms with Gasteiger partial charge in [0.15, 0.2) is 5.84 Å². The zero-order chi connectivity index (χ0) is 14.7. The molecule has 1 aromatic carbocycles. The van der Waals surface area contributed by atoms with Gasteiger partial charge in [0.25, 0.3) is 0 Å². The summed E-state index contributed by atoms with van der Waals surface area (Å²) in [6.07, 6.45) is 2.39. The van der Waals surface area contributed by atoms with Crippen LogP contribution in [0.25, 0.3) is 0 Å². The third kappa shape index (κ3) is 3.28. The Kier molecular flexibility index (Phi) is 4.60. The lowest BCUT2D eigenvalue weighted by atomic mass is 9.97. The molecule has 0 saturated heterocycles. The molecule has 110 valence electrons. The van der Waals surface area contributed by atoms with Crippen molar-refractivity contribution in [2.45, 2.75) is 39.3 Å². The summed E-state index contributed by atoms with van der Waals surface area (Å²) >= 11 is 0. The zero-order valence-electron chi connectivity index (χ0n) is 11.9. The van der Waals surface area contributed by atoms with Crippen LogP contribution in [-0.4, -0.2) is 17.1 Å². The van der Waals surface area contributed by atoms with E-state index in [0.29, 0.717) is 24.1 Å². The van der Waals surface area contributed by atoms with Crippen molar-refractivity contribution >= 4 is 5.84 Å². The van der Waals surface area contributed by atoms with Crippen molar-refractivity contribution in [1.29, 1.82) is 0 Å². The molecule has 1 fully saturated rings. The molecule has 0 aromatic heterocycles. The number of rotatable bonds is 4. The van der Waals surface area contributed by atoms with E-state index in [2.05, 4.69) is 24.3 Å². The number of nitrogens with two attached hydrogens (primary N) is 1. The van der Waals surface area contributed by atoms with Crippen LogP contribution in [0.5, 0.6) is 0 Å². The molecule has 3 unspecified atom stereocenters. The largest absolute Gasteiger partial charge is 0.409 e. The lowest BCUT2D eigenvalue weighted by Crippen LogP contribution is -2.32. The summed E-state index contributed by atoms with van der Waals surface area (Å²) in [5.41, 5.74) is 6.71. The molecule has 1 aliphatic carbocycles. The van der Waals surface area contributed by atoms with Gasteiger partial charge < -0.3 is 16.3 Å². The minimum absolute atomic E-state index is 0.0754. The molecule has 0 bridgehead atoms. The average Bonchev–Trinajstić information content (AvgIpc) is 2.75. The smallest absolute Gasteiger partial charge is 0.170 e. The average molecular weight is 279 g/mol. The molecule has 4 N–H and O–H groups in total. The van der Waals surface area contributed by atoms with Crippen LogP contribution in [0.3, 0.4) is 0 Å². The lowest BCUT2D eigenvalue weighted by Gasteiger charge is -2.20. The van der Waals surface area contributed by atoms with E-state index in [9.17, 15) is 4.39 Å². The fraction of sp³-hybridized carbons (Fsp3) is 0.533. The van der Waals surface area contributed by atoms with Gasteiger partial charge in [-0.05, 0) is 48.4 Å². The summed E-state index contributed by atoms with van der Waals surface area (Å²) in [4.78, 5) is 0. The van der Waals surface area contributed by atoms with E-state index in [1.54, 1.807) is 6.07 Å². The summed E-state index contributed by atoms with van der Waals surface area (Å²) in [6, 6.07) is 4.96. The standard InChI is InChI=1S/C15H22FN3O/c1-9-3-4-14(10(9)2)18-8-11-5-12(15(17)19-20)7-13(16)6-11/h5-7,9-10,14,18,20H,3-4,8H2,1-2H3,(H2,17,19). The molecule has 0 heterocycles. The molecular weight excluding hydrogens is 257 g/mol. The first-order valence-corrected chi connectivity index (χ1v) is 7.02. The summed E-state index contributed by atoms with van der Waals surface area (Å²) < 4.78 is 13.5. The first kappa shape index (κ1) is 14.8. The minimum atomic E-state index is -0.376. The second-order valence-corrected chi connectivity index (χ2v) is 5.73. The number of hydrogen-bond donors (Lipinski definition) is 3. The molecular formula is C15H22FN3O. The first-order valence-electron chi connectivity index (χ1n) is 7.02. The van der Waals surface area contributed by atoms with Gasteiger partial charge in [0, 0.05) is 18.2 Å². The van der Waals surface area contributed by atoms with Crippen LogP contribution in [0.15, 0.2) is 23.4 Å². The molecule has 3 atom stereocenters. The van der Waals surface area contributed by atoms with E-state index in [-0.39, 0.29) is 11.7 Å². The molecule has 0 spiro atoms. The Morgan fingerprint density at radius 3 is 2.75 bits per heavy atom. The van der Waals surface area contributed by atoms with E-state index in [4.69, 9.17) is 10.9 Å². The van der Waals surface area contributed by atoms with E-state index in [0.717, 1.165) is 17.9 Å². The monoisotopic (exact) mass is 279 g/mol. The van der Waals surface area contributed by atoms with Crippen molar-refractivity contribution in [3.8, 4) is 0 Å². The van der Waals surface area contributed by atoms with Crippen molar-refractivity contribution in [2.24, 2.45) is 22.7 Å². The van der Waals surface area contributed by atoms with E-state index in [1.807, 2.05) is 0 Å². The highest BCUT2D eigenvalue weighted by Gasteiger charge is 2.29. The molecule has 2 rings (SSSR count). The van der Waals surface area contributed by atoms with Gasteiger partial charge in [-0.3, -0.25) is 0 Å². The first-order chi connectivity index (χ1) is 9.51. The lowest BCUT2D eigenvalue weighted by molar-refractivity contribution is 0.318. The third-order valence-corrected chi connectivity index (χ3v) is 4.39. The number of amidine groups is 1. The van der Waals surface area contributed by atoms with Crippen LogP contribution in [0.1, 0.15) is 37.8 Å². The summed E-state index contributed by atoms with van der Waals surface area (Å²) in [5, 5.41) is 15.0. The maximum absolute atomic E-state index is 13.5. The van der Waals surface area contributed by atoms with Gasteiger partial charge in [-0.25, -0.2) is 4.39 Å². The SMILES string of the molecule is CC1CCC(NCc2cc(F)cc(/C(N)=N/O)c2)C1C. The minimum Gasteiger partial charge on any atom is -0.409 e. The highest BCUT2D eigenvalue weighted by molar-refractivity contribution is 5.97. The van der Waals surface area contributed by atoms with Crippen LogP contribution >= 0.6 is 0 Å². The molecule has 0 radical (unpaired) electrons. The van der Waals surface area contributed by atoms with Crippen molar-refractivity contribution in [3.63, 3.8) is 0 Å². The van der Waals surface area contributed by atoms with Crippen molar-refractivity contribution in [1.82, 2.24) is 5.32 Å². The normalized spacial score (nSPS) is 26.9. The second-order valence-electron chi connectivity index (χ2n) is 5.73. The van der Waals surface area contributed by atoms with Crippen molar-refractivity contribution < 1.29 is 9.60 Å². The molecule has 1 saturated carbocycles.